The quantitative estimate of drug-likeness (QED) is 0.802. The molecule has 2 unspecified atom stereocenters. The molecule has 0 spiro atoms. The fourth-order valence-electron chi connectivity index (χ4n) is 3.25. The fourth-order valence-corrected chi connectivity index (χ4v) is 3.25. The predicted octanol–water partition coefficient (Wildman–Crippen LogP) is 2.80. The summed E-state index contributed by atoms with van der Waals surface area (Å²) in [7, 11) is 0. The summed E-state index contributed by atoms with van der Waals surface area (Å²) in [5.41, 5.74) is 0. The number of carbonyl (C=O) groups excluding carboxylic acids is 1. The van der Waals surface area contributed by atoms with E-state index < -0.39 is 0 Å². The highest BCUT2D eigenvalue weighted by Gasteiger charge is 2.29. The van der Waals surface area contributed by atoms with Gasteiger partial charge in [0.05, 0.1) is 0 Å². The molecule has 0 aromatic rings. The van der Waals surface area contributed by atoms with Gasteiger partial charge in [0, 0.05) is 25.6 Å². The summed E-state index contributed by atoms with van der Waals surface area (Å²) in [6, 6.07) is 0.528. The highest BCUT2D eigenvalue weighted by Crippen LogP contribution is 2.26. The Morgan fingerprint density at radius 1 is 1.21 bits per heavy atom. The Bertz CT molecular complexity index is 288. The molecule has 1 aliphatic heterocycles. The highest BCUT2D eigenvalue weighted by atomic mass is 16.2. The molecule has 0 radical (unpaired) electrons. The number of carbonyl (C=O) groups is 1. The molecule has 3 heteroatoms. The molecule has 3 nitrogen and oxygen atoms in total. The third-order valence-electron chi connectivity index (χ3n) is 4.85. The van der Waals surface area contributed by atoms with Crippen LogP contribution in [-0.2, 0) is 4.79 Å². The topological polar surface area (TPSA) is 32.3 Å². The second kappa shape index (κ2) is 7.28. The molecule has 1 N–H and O–H groups in total. The van der Waals surface area contributed by atoms with E-state index in [1.54, 1.807) is 0 Å². The Morgan fingerprint density at radius 2 is 2.00 bits per heavy atom. The van der Waals surface area contributed by atoms with Crippen molar-refractivity contribution in [1.29, 1.82) is 0 Å². The van der Waals surface area contributed by atoms with Crippen molar-refractivity contribution in [2.24, 2.45) is 11.8 Å². The third kappa shape index (κ3) is 4.20. The van der Waals surface area contributed by atoms with Crippen LogP contribution in [0.25, 0.3) is 0 Å². The summed E-state index contributed by atoms with van der Waals surface area (Å²) in [4.78, 5) is 14.2. The molecule has 0 bridgehead atoms. The van der Waals surface area contributed by atoms with Crippen molar-refractivity contribution in [1.82, 2.24) is 10.2 Å². The van der Waals surface area contributed by atoms with Crippen molar-refractivity contribution in [2.45, 2.75) is 64.8 Å². The SMILES string of the molecule is CCCC(=O)N1CC(CC)CC(NCC2CCC2)C1. The summed E-state index contributed by atoms with van der Waals surface area (Å²) in [6.45, 7) is 7.42. The fraction of sp³-hybridized carbons (Fsp3) is 0.938. The third-order valence-corrected chi connectivity index (χ3v) is 4.85. The van der Waals surface area contributed by atoms with Crippen LogP contribution < -0.4 is 5.32 Å². The van der Waals surface area contributed by atoms with Crippen LogP contribution in [0.2, 0.25) is 0 Å². The highest BCUT2D eigenvalue weighted by molar-refractivity contribution is 5.76. The largest absolute Gasteiger partial charge is 0.341 e. The predicted molar refractivity (Wildman–Crippen MR) is 79.0 cm³/mol. The van der Waals surface area contributed by atoms with Gasteiger partial charge in [0.2, 0.25) is 5.91 Å². The van der Waals surface area contributed by atoms with Gasteiger partial charge in [-0.05, 0) is 44.1 Å². The van der Waals surface area contributed by atoms with E-state index in [4.69, 9.17) is 0 Å². The molecule has 2 rings (SSSR count). The monoisotopic (exact) mass is 266 g/mol. The van der Waals surface area contributed by atoms with Gasteiger partial charge in [-0.3, -0.25) is 4.79 Å². The van der Waals surface area contributed by atoms with Crippen molar-refractivity contribution in [3.8, 4) is 0 Å². The van der Waals surface area contributed by atoms with Gasteiger partial charge in [0.25, 0.3) is 0 Å². The van der Waals surface area contributed by atoms with Gasteiger partial charge in [-0.1, -0.05) is 26.7 Å². The van der Waals surface area contributed by atoms with Crippen LogP contribution in [0.1, 0.15) is 58.8 Å². The Balaban J connectivity index is 1.81. The van der Waals surface area contributed by atoms with E-state index in [1.807, 2.05) is 0 Å². The lowest BCUT2D eigenvalue weighted by Gasteiger charge is -2.39. The minimum absolute atomic E-state index is 0.357. The average Bonchev–Trinajstić information content (AvgIpc) is 2.37. The number of nitrogens with zero attached hydrogens (tertiary/aromatic N) is 1. The molecule has 2 aliphatic rings. The summed E-state index contributed by atoms with van der Waals surface area (Å²) >= 11 is 0. The Kier molecular flexibility index (Phi) is 5.68. The van der Waals surface area contributed by atoms with Gasteiger partial charge in [0.1, 0.15) is 0 Å². The number of likely N-dealkylation sites (tertiary alicyclic amines) is 1. The van der Waals surface area contributed by atoms with E-state index >= 15 is 0 Å². The van der Waals surface area contributed by atoms with Crippen LogP contribution in [0.15, 0.2) is 0 Å². The van der Waals surface area contributed by atoms with Crippen molar-refractivity contribution in [3.05, 3.63) is 0 Å². The summed E-state index contributed by atoms with van der Waals surface area (Å²) in [5, 5.41) is 3.72. The van der Waals surface area contributed by atoms with E-state index in [0.717, 1.165) is 32.0 Å². The molecule has 1 saturated heterocycles. The lowest BCUT2D eigenvalue weighted by atomic mass is 9.84. The first-order valence-electron chi connectivity index (χ1n) is 8.24. The molecule has 0 aromatic carbocycles. The standard InChI is InChI=1S/C16H30N2O/c1-3-6-16(19)18-11-13(4-2)9-15(12-18)17-10-14-7-5-8-14/h13-15,17H,3-12H2,1-2H3. The van der Waals surface area contributed by atoms with Gasteiger partial charge in [-0.25, -0.2) is 0 Å². The van der Waals surface area contributed by atoms with E-state index in [-0.39, 0.29) is 0 Å². The number of nitrogens with one attached hydrogen (secondary N) is 1. The molecule has 0 aromatic heterocycles. The van der Waals surface area contributed by atoms with Crippen LogP contribution in [0.3, 0.4) is 0 Å². The second-order valence-corrected chi connectivity index (χ2v) is 6.46. The maximum Gasteiger partial charge on any atom is 0.222 e. The molecule has 110 valence electrons. The van der Waals surface area contributed by atoms with Gasteiger partial charge in [-0.2, -0.15) is 0 Å². The first kappa shape index (κ1) is 14.8. The number of amides is 1. The normalized spacial score (nSPS) is 28.2. The minimum atomic E-state index is 0.357. The molecule has 1 saturated carbocycles. The van der Waals surface area contributed by atoms with Crippen molar-refractivity contribution < 1.29 is 4.79 Å². The van der Waals surface area contributed by atoms with Crippen LogP contribution in [0, 0.1) is 11.8 Å². The van der Waals surface area contributed by atoms with E-state index in [1.165, 1.54) is 32.1 Å². The average molecular weight is 266 g/mol. The Labute approximate surface area is 118 Å². The lowest BCUT2D eigenvalue weighted by Crippen LogP contribution is -2.52. The molecule has 2 fully saturated rings. The Morgan fingerprint density at radius 3 is 2.58 bits per heavy atom. The number of piperidine rings is 1. The first-order chi connectivity index (χ1) is 9.22. The Hall–Kier alpha value is -0.570. The second-order valence-electron chi connectivity index (χ2n) is 6.46. The van der Waals surface area contributed by atoms with Gasteiger partial charge in [0.15, 0.2) is 0 Å². The zero-order valence-corrected chi connectivity index (χ0v) is 12.7. The number of hydrogen-bond donors (Lipinski definition) is 1. The first-order valence-corrected chi connectivity index (χ1v) is 8.24. The van der Waals surface area contributed by atoms with Crippen molar-refractivity contribution in [3.63, 3.8) is 0 Å². The zero-order valence-electron chi connectivity index (χ0n) is 12.7. The summed E-state index contributed by atoms with van der Waals surface area (Å²) < 4.78 is 0. The lowest BCUT2D eigenvalue weighted by molar-refractivity contribution is -0.133. The van der Waals surface area contributed by atoms with E-state index in [2.05, 4.69) is 24.1 Å². The molecule has 1 amide bonds. The molecule has 19 heavy (non-hydrogen) atoms. The van der Waals surface area contributed by atoms with Crippen LogP contribution >= 0.6 is 0 Å². The van der Waals surface area contributed by atoms with Crippen molar-refractivity contribution >= 4 is 5.91 Å². The maximum absolute atomic E-state index is 12.1. The molecular weight excluding hydrogens is 236 g/mol. The smallest absolute Gasteiger partial charge is 0.222 e. The van der Waals surface area contributed by atoms with Crippen molar-refractivity contribution in [2.75, 3.05) is 19.6 Å². The van der Waals surface area contributed by atoms with Crippen LogP contribution in [0.5, 0.6) is 0 Å². The maximum atomic E-state index is 12.1. The minimum Gasteiger partial charge on any atom is -0.341 e. The molecule has 1 aliphatic carbocycles. The number of hydrogen-bond acceptors (Lipinski definition) is 2. The van der Waals surface area contributed by atoms with E-state index in [9.17, 15) is 4.79 Å². The van der Waals surface area contributed by atoms with Gasteiger partial charge >= 0.3 is 0 Å². The van der Waals surface area contributed by atoms with Crippen LogP contribution in [0.4, 0.5) is 0 Å². The number of rotatable bonds is 6. The summed E-state index contributed by atoms with van der Waals surface area (Å²) in [5.74, 6) is 1.95. The summed E-state index contributed by atoms with van der Waals surface area (Å²) in [6.07, 6.45) is 8.33. The molecular formula is C16H30N2O. The van der Waals surface area contributed by atoms with Crippen LogP contribution in [-0.4, -0.2) is 36.5 Å². The molecule has 1 heterocycles. The van der Waals surface area contributed by atoms with E-state index in [0.29, 0.717) is 24.3 Å². The molecule has 2 atom stereocenters. The zero-order chi connectivity index (χ0) is 13.7. The van der Waals surface area contributed by atoms with Gasteiger partial charge < -0.3 is 10.2 Å². The van der Waals surface area contributed by atoms with Gasteiger partial charge in [-0.15, -0.1) is 0 Å².